The van der Waals surface area contributed by atoms with Crippen LogP contribution in [0.1, 0.15) is 18.1 Å². The second-order valence-electron chi connectivity index (χ2n) is 5.34. The SMILES string of the molecule is Cc1ccc(N2N[C@@](C)(c3ccc(Cl)cc3)NC2=S)cc1. The number of aryl methyl sites for hydroxylation is 1. The van der Waals surface area contributed by atoms with Crippen LogP contribution in [0.25, 0.3) is 0 Å². The fourth-order valence-electron chi connectivity index (χ4n) is 2.37. The molecule has 0 unspecified atom stereocenters. The molecule has 108 valence electrons. The average molecular weight is 318 g/mol. The summed E-state index contributed by atoms with van der Waals surface area (Å²) in [7, 11) is 0. The van der Waals surface area contributed by atoms with Crippen molar-refractivity contribution < 1.29 is 0 Å². The van der Waals surface area contributed by atoms with Crippen molar-refractivity contribution in [1.82, 2.24) is 10.7 Å². The number of nitrogens with one attached hydrogen (secondary N) is 2. The first-order chi connectivity index (χ1) is 9.98. The van der Waals surface area contributed by atoms with Gasteiger partial charge in [0.25, 0.3) is 0 Å². The monoisotopic (exact) mass is 317 g/mol. The largest absolute Gasteiger partial charge is 0.338 e. The Morgan fingerprint density at radius 3 is 2.29 bits per heavy atom. The molecule has 3 rings (SSSR count). The Kier molecular flexibility index (Phi) is 3.61. The zero-order valence-electron chi connectivity index (χ0n) is 11.9. The molecule has 21 heavy (non-hydrogen) atoms. The summed E-state index contributed by atoms with van der Waals surface area (Å²) in [4.78, 5) is 0. The molecule has 2 N–H and O–H groups in total. The van der Waals surface area contributed by atoms with Crippen LogP contribution in [0.5, 0.6) is 0 Å². The summed E-state index contributed by atoms with van der Waals surface area (Å²) in [5, 5.41) is 6.59. The summed E-state index contributed by atoms with van der Waals surface area (Å²) in [6.07, 6.45) is 0. The molecule has 0 bridgehead atoms. The van der Waals surface area contributed by atoms with Crippen LogP contribution in [-0.2, 0) is 5.66 Å². The van der Waals surface area contributed by atoms with Crippen LogP contribution in [0.15, 0.2) is 48.5 Å². The highest BCUT2D eigenvalue weighted by molar-refractivity contribution is 7.80. The summed E-state index contributed by atoms with van der Waals surface area (Å²) in [5.74, 6) is 0. The van der Waals surface area contributed by atoms with Gasteiger partial charge in [-0.2, -0.15) is 5.43 Å². The van der Waals surface area contributed by atoms with E-state index in [-0.39, 0.29) is 0 Å². The van der Waals surface area contributed by atoms with Gasteiger partial charge in [0.15, 0.2) is 5.11 Å². The van der Waals surface area contributed by atoms with Crippen LogP contribution >= 0.6 is 23.8 Å². The van der Waals surface area contributed by atoms with Gasteiger partial charge in [0.1, 0.15) is 5.66 Å². The number of anilines is 1. The molecule has 1 aliphatic rings. The predicted molar refractivity (Wildman–Crippen MR) is 91.3 cm³/mol. The number of thiocarbonyl (C=S) groups is 1. The second kappa shape index (κ2) is 5.30. The lowest BCUT2D eigenvalue weighted by Gasteiger charge is -2.26. The lowest BCUT2D eigenvalue weighted by atomic mass is 10.0. The first-order valence-corrected chi connectivity index (χ1v) is 7.49. The Hall–Kier alpha value is -1.62. The van der Waals surface area contributed by atoms with Crippen LogP contribution < -0.4 is 15.8 Å². The van der Waals surface area contributed by atoms with Gasteiger partial charge in [0.05, 0.1) is 5.69 Å². The number of hydrogen-bond acceptors (Lipinski definition) is 2. The highest BCUT2D eigenvalue weighted by Gasteiger charge is 2.37. The van der Waals surface area contributed by atoms with Gasteiger partial charge in [0.2, 0.25) is 0 Å². The maximum absolute atomic E-state index is 5.95. The molecule has 0 aliphatic carbocycles. The molecule has 0 aromatic heterocycles. The van der Waals surface area contributed by atoms with Crippen LogP contribution in [-0.4, -0.2) is 5.11 Å². The summed E-state index contributed by atoms with van der Waals surface area (Å²) in [5.41, 5.74) is 6.28. The molecule has 1 atom stereocenters. The molecule has 5 heteroatoms. The minimum atomic E-state index is -0.452. The molecular weight excluding hydrogens is 302 g/mol. The third-order valence-electron chi connectivity index (χ3n) is 3.61. The van der Waals surface area contributed by atoms with Crippen LogP contribution in [0, 0.1) is 6.92 Å². The van der Waals surface area contributed by atoms with Gasteiger partial charge in [-0.3, -0.25) is 0 Å². The van der Waals surface area contributed by atoms with Crippen molar-refractivity contribution in [2.45, 2.75) is 19.5 Å². The zero-order chi connectivity index (χ0) is 15.0. The third-order valence-corrected chi connectivity index (χ3v) is 4.15. The number of nitrogens with zero attached hydrogens (tertiary/aromatic N) is 1. The Labute approximate surface area is 134 Å². The van der Waals surface area contributed by atoms with Crippen molar-refractivity contribution in [3.05, 3.63) is 64.7 Å². The first kappa shape index (κ1) is 14.3. The lowest BCUT2D eigenvalue weighted by Crippen LogP contribution is -2.45. The zero-order valence-corrected chi connectivity index (χ0v) is 13.4. The molecular formula is C16H16ClN3S. The minimum absolute atomic E-state index is 0.452. The van der Waals surface area contributed by atoms with E-state index < -0.39 is 5.66 Å². The van der Waals surface area contributed by atoms with Crippen LogP contribution in [0.2, 0.25) is 5.02 Å². The summed E-state index contributed by atoms with van der Waals surface area (Å²) < 4.78 is 0. The Morgan fingerprint density at radius 1 is 1.05 bits per heavy atom. The number of halogens is 1. The van der Waals surface area contributed by atoms with Gasteiger partial charge < -0.3 is 5.32 Å². The predicted octanol–water partition coefficient (Wildman–Crippen LogP) is 3.72. The molecule has 1 fully saturated rings. The van der Waals surface area contributed by atoms with Gasteiger partial charge in [-0.1, -0.05) is 41.4 Å². The Balaban J connectivity index is 1.89. The van der Waals surface area contributed by atoms with Crippen LogP contribution in [0.4, 0.5) is 5.69 Å². The van der Waals surface area contributed by atoms with Gasteiger partial charge in [0, 0.05) is 5.02 Å². The van der Waals surface area contributed by atoms with Crippen molar-refractivity contribution in [3.8, 4) is 0 Å². The molecule has 0 saturated carbocycles. The summed E-state index contributed by atoms with van der Waals surface area (Å²) >= 11 is 11.4. The molecule has 2 aromatic carbocycles. The molecule has 0 radical (unpaired) electrons. The van der Waals surface area contributed by atoms with Gasteiger partial charge in [-0.15, -0.1) is 0 Å². The van der Waals surface area contributed by atoms with Crippen molar-refractivity contribution >= 4 is 34.6 Å². The van der Waals surface area contributed by atoms with E-state index in [1.54, 1.807) is 0 Å². The maximum Gasteiger partial charge on any atom is 0.190 e. The fourth-order valence-corrected chi connectivity index (χ4v) is 2.85. The van der Waals surface area contributed by atoms with E-state index in [4.69, 9.17) is 23.8 Å². The second-order valence-corrected chi connectivity index (χ2v) is 6.17. The molecule has 1 heterocycles. The summed E-state index contributed by atoms with van der Waals surface area (Å²) in [6.45, 7) is 4.12. The summed E-state index contributed by atoms with van der Waals surface area (Å²) in [6, 6.07) is 16.0. The Morgan fingerprint density at radius 2 is 1.67 bits per heavy atom. The van der Waals surface area contributed by atoms with Crippen molar-refractivity contribution in [2.75, 3.05) is 5.01 Å². The van der Waals surface area contributed by atoms with E-state index in [2.05, 4.69) is 36.7 Å². The highest BCUT2D eigenvalue weighted by atomic mass is 35.5. The number of hydrazine groups is 1. The van der Waals surface area contributed by atoms with E-state index in [0.717, 1.165) is 16.3 Å². The lowest BCUT2D eigenvalue weighted by molar-refractivity contribution is 0.390. The first-order valence-electron chi connectivity index (χ1n) is 6.71. The quantitative estimate of drug-likeness (QED) is 0.826. The topological polar surface area (TPSA) is 27.3 Å². The standard InChI is InChI=1S/C16H16ClN3S/c1-11-3-9-14(10-4-11)20-15(21)18-16(2,19-20)12-5-7-13(17)8-6-12/h3-10,19H,1-2H3,(H,18,21)/t16-/m0/s1. The highest BCUT2D eigenvalue weighted by Crippen LogP contribution is 2.27. The van der Waals surface area contributed by atoms with Gasteiger partial charge >= 0.3 is 0 Å². The normalized spacial score (nSPS) is 21.5. The van der Waals surface area contributed by atoms with Crippen molar-refractivity contribution in [2.24, 2.45) is 0 Å². The molecule has 1 aliphatic heterocycles. The van der Waals surface area contributed by atoms with E-state index >= 15 is 0 Å². The smallest absolute Gasteiger partial charge is 0.190 e. The van der Waals surface area contributed by atoms with Crippen molar-refractivity contribution in [3.63, 3.8) is 0 Å². The number of benzene rings is 2. The number of rotatable bonds is 2. The third kappa shape index (κ3) is 2.75. The molecule has 0 spiro atoms. The molecule has 0 amide bonds. The molecule has 2 aromatic rings. The van der Waals surface area contributed by atoms with E-state index in [1.807, 2.05) is 41.4 Å². The van der Waals surface area contributed by atoms with E-state index in [1.165, 1.54) is 5.56 Å². The van der Waals surface area contributed by atoms with E-state index in [0.29, 0.717) is 5.11 Å². The maximum atomic E-state index is 5.95. The average Bonchev–Trinajstić information content (AvgIpc) is 2.77. The van der Waals surface area contributed by atoms with E-state index in [9.17, 15) is 0 Å². The minimum Gasteiger partial charge on any atom is -0.338 e. The van der Waals surface area contributed by atoms with Crippen molar-refractivity contribution in [1.29, 1.82) is 0 Å². The number of hydrogen-bond donors (Lipinski definition) is 2. The molecule has 3 nitrogen and oxygen atoms in total. The fraction of sp³-hybridized carbons (Fsp3) is 0.188. The van der Waals surface area contributed by atoms with Gasteiger partial charge in [-0.05, 0) is 55.9 Å². The van der Waals surface area contributed by atoms with Crippen LogP contribution in [0.3, 0.4) is 0 Å². The molecule has 1 saturated heterocycles. The van der Waals surface area contributed by atoms with Gasteiger partial charge in [-0.25, -0.2) is 5.01 Å². The Bertz CT molecular complexity index is 669.